The van der Waals surface area contributed by atoms with Gasteiger partial charge < -0.3 is 10.5 Å². The maximum Gasteiger partial charge on any atom is 0.239 e. The first kappa shape index (κ1) is 11.8. The second-order valence-electron chi connectivity index (χ2n) is 4.12. The van der Waals surface area contributed by atoms with Crippen LogP contribution in [0.3, 0.4) is 0 Å². The summed E-state index contributed by atoms with van der Waals surface area (Å²) in [6.45, 7) is 0. The molecule has 1 atom stereocenters. The highest BCUT2D eigenvalue weighted by atomic mass is 19.2. The molecule has 0 saturated heterocycles. The number of aryl methyl sites for hydroxylation is 1. The van der Waals surface area contributed by atoms with Crippen molar-refractivity contribution in [3.05, 3.63) is 35.4 Å². The Morgan fingerprint density at radius 2 is 2.05 bits per heavy atom. The zero-order valence-corrected chi connectivity index (χ0v) is 9.61. The van der Waals surface area contributed by atoms with E-state index in [1.807, 2.05) is 0 Å². The molecule has 0 bridgehead atoms. The Morgan fingerprint density at radius 1 is 1.26 bits per heavy atom. The van der Waals surface area contributed by atoms with Gasteiger partial charge in [-0.25, -0.2) is 13.5 Å². The average molecular weight is 270 g/mol. The Balaban J connectivity index is 1.89. The lowest BCUT2D eigenvalue weighted by atomic mass is 10.3. The largest absolute Gasteiger partial charge is 0.465 e. The second kappa shape index (κ2) is 4.15. The first-order chi connectivity index (χ1) is 9.06. The smallest absolute Gasteiger partial charge is 0.239 e. The average Bonchev–Trinajstić information content (AvgIpc) is 2.90. The Kier molecular flexibility index (Phi) is 2.58. The molecule has 0 aliphatic carbocycles. The van der Waals surface area contributed by atoms with Gasteiger partial charge in [0.25, 0.3) is 0 Å². The molecule has 100 valence electrons. The molecule has 1 aliphatic heterocycles. The summed E-state index contributed by atoms with van der Waals surface area (Å²) in [4.78, 5) is 3.96. The zero-order chi connectivity index (χ0) is 13.6. The first-order valence-corrected chi connectivity index (χ1v) is 5.57. The lowest BCUT2D eigenvalue weighted by molar-refractivity contribution is 0.120. The number of benzene rings is 1. The molecule has 0 fully saturated rings. The number of nitrogen functional groups attached to an aromatic ring is 1. The Bertz CT molecular complexity index is 643. The van der Waals surface area contributed by atoms with Gasteiger partial charge in [-0.15, -0.1) is 5.10 Å². The fourth-order valence-electron chi connectivity index (χ4n) is 2.00. The van der Waals surface area contributed by atoms with Gasteiger partial charge in [0, 0.05) is 12.8 Å². The van der Waals surface area contributed by atoms with Crippen LogP contribution in [0.4, 0.5) is 19.1 Å². The fourth-order valence-corrected chi connectivity index (χ4v) is 2.00. The van der Waals surface area contributed by atoms with Crippen molar-refractivity contribution in [2.45, 2.75) is 19.1 Å². The molecule has 0 radical (unpaired) electrons. The number of fused-ring (bicyclic) bond motifs is 1. The van der Waals surface area contributed by atoms with Gasteiger partial charge in [-0.1, -0.05) is 0 Å². The number of hydrogen-bond donors (Lipinski definition) is 1. The summed E-state index contributed by atoms with van der Waals surface area (Å²) in [5, 5.41) is 3.91. The Hall–Kier alpha value is -2.25. The van der Waals surface area contributed by atoms with Crippen molar-refractivity contribution in [3.63, 3.8) is 0 Å². The van der Waals surface area contributed by atoms with Crippen molar-refractivity contribution >= 4 is 5.95 Å². The normalized spacial score (nSPS) is 17.5. The van der Waals surface area contributed by atoms with Gasteiger partial charge in [0.05, 0.1) is 0 Å². The predicted octanol–water partition coefficient (Wildman–Crippen LogP) is 1.80. The van der Waals surface area contributed by atoms with Crippen LogP contribution in [0.2, 0.25) is 0 Å². The first-order valence-electron chi connectivity index (χ1n) is 5.57. The third kappa shape index (κ3) is 1.88. The summed E-state index contributed by atoms with van der Waals surface area (Å²) >= 11 is 0. The summed E-state index contributed by atoms with van der Waals surface area (Å²) < 4.78 is 46.1. The highest BCUT2D eigenvalue weighted by Gasteiger charge is 2.28. The van der Waals surface area contributed by atoms with Crippen molar-refractivity contribution in [3.8, 4) is 5.75 Å². The monoisotopic (exact) mass is 270 g/mol. The summed E-state index contributed by atoms with van der Waals surface area (Å²) in [7, 11) is 0. The standard InChI is InChI=1S/C11H9F3N4O/c12-5-1-2-6(10(14)9(5)13)19-8-4-3-7-16-11(15)17-18(7)8/h1-2,8H,3-4H2,(H2,15,17). The summed E-state index contributed by atoms with van der Waals surface area (Å²) in [6, 6.07) is 1.84. The minimum Gasteiger partial charge on any atom is -0.465 e. The number of nitrogens with zero attached hydrogens (tertiary/aromatic N) is 3. The quantitative estimate of drug-likeness (QED) is 0.845. The van der Waals surface area contributed by atoms with Crippen molar-refractivity contribution < 1.29 is 17.9 Å². The van der Waals surface area contributed by atoms with Crippen LogP contribution >= 0.6 is 0 Å². The lowest BCUT2D eigenvalue weighted by Gasteiger charge is -2.15. The van der Waals surface area contributed by atoms with Gasteiger partial charge in [-0.05, 0) is 12.1 Å². The van der Waals surface area contributed by atoms with Crippen molar-refractivity contribution in [2.24, 2.45) is 0 Å². The number of anilines is 1. The number of rotatable bonds is 2. The van der Waals surface area contributed by atoms with E-state index in [0.717, 1.165) is 12.1 Å². The van der Waals surface area contributed by atoms with Crippen LogP contribution in [0, 0.1) is 17.5 Å². The van der Waals surface area contributed by atoms with E-state index < -0.39 is 23.7 Å². The molecule has 1 aromatic carbocycles. The van der Waals surface area contributed by atoms with E-state index in [9.17, 15) is 13.2 Å². The van der Waals surface area contributed by atoms with E-state index in [-0.39, 0.29) is 11.7 Å². The van der Waals surface area contributed by atoms with E-state index in [1.54, 1.807) is 0 Å². The number of hydrogen-bond acceptors (Lipinski definition) is 4. The van der Waals surface area contributed by atoms with E-state index >= 15 is 0 Å². The van der Waals surface area contributed by atoms with Crippen LogP contribution in [0.1, 0.15) is 18.5 Å². The highest BCUT2D eigenvalue weighted by molar-refractivity contribution is 5.26. The van der Waals surface area contributed by atoms with E-state index in [0.29, 0.717) is 18.7 Å². The molecule has 5 nitrogen and oxygen atoms in total. The number of nitrogens with two attached hydrogens (primary N) is 1. The third-order valence-electron chi connectivity index (χ3n) is 2.87. The van der Waals surface area contributed by atoms with Crippen LogP contribution in [-0.4, -0.2) is 14.8 Å². The minimum absolute atomic E-state index is 0.0917. The van der Waals surface area contributed by atoms with Gasteiger partial charge in [0.1, 0.15) is 5.82 Å². The van der Waals surface area contributed by atoms with E-state index in [1.165, 1.54) is 4.68 Å². The van der Waals surface area contributed by atoms with Crippen LogP contribution in [0.15, 0.2) is 12.1 Å². The molecule has 2 heterocycles. The van der Waals surface area contributed by atoms with Gasteiger partial charge in [-0.2, -0.15) is 9.37 Å². The lowest BCUT2D eigenvalue weighted by Crippen LogP contribution is -2.14. The number of halogens is 3. The van der Waals surface area contributed by atoms with E-state index in [2.05, 4.69) is 10.1 Å². The molecule has 8 heteroatoms. The summed E-state index contributed by atoms with van der Waals surface area (Å²) in [5.41, 5.74) is 5.44. The van der Waals surface area contributed by atoms with Gasteiger partial charge in [0.2, 0.25) is 11.8 Å². The molecule has 0 saturated carbocycles. The maximum atomic E-state index is 13.5. The van der Waals surface area contributed by atoms with Gasteiger partial charge >= 0.3 is 0 Å². The topological polar surface area (TPSA) is 66.0 Å². The van der Waals surface area contributed by atoms with Crippen molar-refractivity contribution in [1.29, 1.82) is 0 Å². The molecule has 1 aliphatic rings. The molecule has 0 amide bonds. The summed E-state index contributed by atoms with van der Waals surface area (Å²) in [6.07, 6.45) is 0.452. The maximum absolute atomic E-state index is 13.5. The highest BCUT2D eigenvalue weighted by Crippen LogP contribution is 2.30. The minimum atomic E-state index is -1.56. The molecular formula is C11H9F3N4O. The van der Waals surface area contributed by atoms with Crippen molar-refractivity contribution in [1.82, 2.24) is 14.8 Å². The molecule has 0 spiro atoms. The molecule has 2 N–H and O–H groups in total. The van der Waals surface area contributed by atoms with Crippen LogP contribution < -0.4 is 10.5 Å². The Labute approximate surface area is 105 Å². The van der Waals surface area contributed by atoms with Crippen LogP contribution in [0.25, 0.3) is 0 Å². The second-order valence-corrected chi connectivity index (χ2v) is 4.12. The van der Waals surface area contributed by atoms with Gasteiger partial charge in [0.15, 0.2) is 23.6 Å². The molecule has 3 rings (SSSR count). The third-order valence-corrected chi connectivity index (χ3v) is 2.87. The Morgan fingerprint density at radius 3 is 2.84 bits per heavy atom. The van der Waals surface area contributed by atoms with E-state index in [4.69, 9.17) is 10.5 Å². The molecule has 1 aromatic heterocycles. The van der Waals surface area contributed by atoms with Gasteiger partial charge in [-0.3, -0.25) is 0 Å². The zero-order valence-electron chi connectivity index (χ0n) is 9.61. The predicted molar refractivity (Wildman–Crippen MR) is 58.7 cm³/mol. The number of aromatic nitrogens is 3. The molecule has 2 aromatic rings. The number of ether oxygens (including phenoxy) is 1. The molecule has 19 heavy (non-hydrogen) atoms. The van der Waals surface area contributed by atoms with Crippen LogP contribution in [-0.2, 0) is 6.42 Å². The fraction of sp³-hybridized carbons (Fsp3) is 0.273. The summed E-state index contributed by atoms with van der Waals surface area (Å²) in [5.74, 6) is -3.84. The van der Waals surface area contributed by atoms with Crippen LogP contribution in [0.5, 0.6) is 5.75 Å². The SMILES string of the molecule is Nc1nc2n(n1)C(Oc1ccc(F)c(F)c1F)CC2. The molecule has 1 unspecified atom stereocenters. The molecular weight excluding hydrogens is 261 g/mol. The van der Waals surface area contributed by atoms with Crippen molar-refractivity contribution in [2.75, 3.05) is 5.73 Å².